The number of nitrogens with one attached hydrogen (secondary N) is 1. The summed E-state index contributed by atoms with van der Waals surface area (Å²) >= 11 is 5.95. The molecule has 0 aliphatic heterocycles. The van der Waals surface area contributed by atoms with Crippen LogP contribution in [0, 0.1) is 11.3 Å². The van der Waals surface area contributed by atoms with Gasteiger partial charge in [0.1, 0.15) is 6.07 Å². The standard InChI is InChI=1S/C18H17ClN2O3/c1-23-16-5-3-4-12(18(16)24-2)7-9-17(22)21-14-8-6-13(11-20)15(19)10-14/h3-6,8,10H,7,9H2,1-2H3,(H,21,22). The van der Waals surface area contributed by atoms with E-state index in [1.54, 1.807) is 38.5 Å². The molecule has 2 rings (SSSR count). The molecular weight excluding hydrogens is 328 g/mol. The second kappa shape index (κ2) is 8.23. The number of ether oxygens (including phenoxy) is 2. The molecule has 2 aromatic rings. The maximum atomic E-state index is 12.1. The second-order valence-electron chi connectivity index (χ2n) is 5.01. The van der Waals surface area contributed by atoms with Gasteiger partial charge >= 0.3 is 0 Å². The number of hydrogen-bond donors (Lipinski definition) is 1. The monoisotopic (exact) mass is 344 g/mol. The SMILES string of the molecule is COc1cccc(CCC(=O)Nc2ccc(C#N)c(Cl)c2)c1OC. The number of methoxy groups -OCH3 is 2. The van der Waals surface area contributed by atoms with Gasteiger partial charge in [0.2, 0.25) is 5.91 Å². The molecule has 0 aromatic heterocycles. The molecule has 0 atom stereocenters. The average molecular weight is 345 g/mol. The van der Waals surface area contributed by atoms with Gasteiger partial charge in [-0.25, -0.2) is 0 Å². The van der Waals surface area contributed by atoms with Gasteiger partial charge in [0.25, 0.3) is 0 Å². The summed E-state index contributed by atoms with van der Waals surface area (Å²) in [7, 11) is 3.14. The van der Waals surface area contributed by atoms with Crippen molar-refractivity contribution in [3.63, 3.8) is 0 Å². The number of aryl methyl sites for hydroxylation is 1. The fraction of sp³-hybridized carbons (Fsp3) is 0.222. The zero-order valence-corrected chi connectivity index (χ0v) is 14.2. The summed E-state index contributed by atoms with van der Waals surface area (Å²) in [4.78, 5) is 12.1. The van der Waals surface area contributed by atoms with Gasteiger partial charge in [0.05, 0.1) is 24.8 Å². The zero-order valence-electron chi connectivity index (χ0n) is 13.4. The third kappa shape index (κ3) is 4.18. The van der Waals surface area contributed by atoms with Gasteiger partial charge in [-0.2, -0.15) is 5.26 Å². The topological polar surface area (TPSA) is 71.3 Å². The fourth-order valence-corrected chi connectivity index (χ4v) is 2.53. The molecule has 0 spiro atoms. The first kappa shape index (κ1) is 17.6. The lowest BCUT2D eigenvalue weighted by Crippen LogP contribution is -2.12. The van der Waals surface area contributed by atoms with Crippen LogP contribution in [0.4, 0.5) is 5.69 Å². The van der Waals surface area contributed by atoms with Gasteiger partial charge < -0.3 is 14.8 Å². The number of para-hydroxylation sites is 1. The maximum absolute atomic E-state index is 12.1. The summed E-state index contributed by atoms with van der Waals surface area (Å²) in [6, 6.07) is 12.3. The van der Waals surface area contributed by atoms with E-state index in [2.05, 4.69) is 5.32 Å². The molecule has 0 radical (unpaired) electrons. The number of halogens is 1. The molecular formula is C18H17ClN2O3. The van der Waals surface area contributed by atoms with Crippen LogP contribution in [0.3, 0.4) is 0 Å². The molecule has 0 unspecified atom stereocenters. The van der Waals surface area contributed by atoms with Gasteiger partial charge in [-0.15, -0.1) is 0 Å². The van der Waals surface area contributed by atoms with Gasteiger partial charge in [-0.05, 0) is 36.2 Å². The molecule has 24 heavy (non-hydrogen) atoms. The molecule has 2 aromatic carbocycles. The van der Waals surface area contributed by atoms with Crippen molar-refractivity contribution in [2.75, 3.05) is 19.5 Å². The van der Waals surface area contributed by atoms with E-state index in [1.165, 1.54) is 0 Å². The highest BCUT2D eigenvalue weighted by molar-refractivity contribution is 6.32. The predicted octanol–water partition coefficient (Wildman–Crippen LogP) is 3.80. The largest absolute Gasteiger partial charge is 0.493 e. The summed E-state index contributed by atoms with van der Waals surface area (Å²) in [6.07, 6.45) is 0.789. The molecule has 0 fully saturated rings. The molecule has 0 saturated heterocycles. The van der Waals surface area contributed by atoms with Crippen molar-refractivity contribution in [1.82, 2.24) is 0 Å². The highest BCUT2D eigenvalue weighted by Crippen LogP contribution is 2.31. The van der Waals surface area contributed by atoms with E-state index in [4.69, 9.17) is 26.3 Å². The highest BCUT2D eigenvalue weighted by Gasteiger charge is 2.11. The quantitative estimate of drug-likeness (QED) is 0.865. The van der Waals surface area contributed by atoms with Crippen molar-refractivity contribution in [3.8, 4) is 17.6 Å². The maximum Gasteiger partial charge on any atom is 0.224 e. The molecule has 1 N–H and O–H groups in total. The lowest BCUT2D eigenvalue weighted by atomic mass is 10.1. The third-order valence-corrected chi connectivity index (χ3v) is 3.79. The summed E-state index contributed by atoms with van der Waals surface area (Å²) in [5.41, 5.74) is 1.82. The first-order chi connectivity index (χ1) is 11.6. The van der Waals surface area contributed by atoms with E-state index in [0.717, 1.165) is 5.56 Å². The number of nitrogens with zero attached hydrogens (tertiary/aromatic N) is 1. The third-order valence-electron chi connectivity index (χ3n) is 3.48. The number of nitriles is 1. The minimum absolute atomic E-state index is 0.152. The van der Waals surface area contributed by atoms with E-state index in [9.17, 15) is 4.79 Å². The van der Waals surface area contributed by atoms with Gasteiger partial charge in [-0.3, -0.25) is 4.79 Å². The van der Waals surface area contributed by atoms with Crippen LogP contribution in [0.1, 0.15) is 17.5 Å². The smallest absolute Gasteiger partial charge is 0.224 e. The van der Waals surface area contributed by atoms with Crippen LogP contribution in [-0.4, -0.2) is 20.1 Å². The van der Waals surface area contributed by atoms with Crippen LogP contribution in [0.2, 0.25) is 5.02 Å². The summed E-state index contributed by atoms with van der Waals surface area (Å²) < 4.78 is 10.6. The normalized spacial score (nSPS) is 9.92. The van der Waals surface area contributed by atoms with Crippen LogP contribution >= 0.6 is 11.6 Å². The summed E-state index contributed by atoms with van der Waals surface area (Å²) in [6.45, 7) is 0. The number of benzene rings is 2. The molecule has 0 bridgehead atoms. The Morgan fingerprint density at radius 2 is 2.04 bits per heavy atom. The van der Waals surface area contributed by atoms with E-state index in [-0.39, 0.29) is 12.3 Å². The fourth-order valence-electron chi connectivity index (χ4n) is 2.31. The Morgan fingerprint density at radius 3 is 2.67 bits per heavy atom. The lowest BCUT2D eigenvalue weighted by Gasteiger charge is -2.12. The molecule has 5 nitrogen and oxygen atoms in total. The van der Waals surface area contributed by atoms with Crippen LogP contribution in [0.15, 0.2) is 36.4 Å². The second-order valence-corrected chi connectivity index (χ2v) is 5.41. The lowest BCUT2D eigenvalue weighted by molar-refractivity contribution is -0.116. The van der Waals surface area contributed by atoms with Crippen molar-refractivity contribution in [2.45, 2.75) is 12.8 Å². The van der Waals surface area contributed by atoms with Crippen LogP contribution in [0.25, 0.3) is 0 Å². The van der Waals surface area contributed by atoms with Gasteiger partial charge in [0.15, 0.2) is 11.5 Å². The molecule has 0 saturated carbocycles. The summed E-state index contributed by atoms with van der Waals surface area (Å²) in [5, 5.41) is 11.9. The van der Waals surface area contributed by atoms with Crippen LogP contribution in [0.5, 0.6) is 11.5 Å². The van der Waals surface area contributed by atoms with Crippen molar-refractivity contribution < 1.29 is 14.3 Å². The Morgan fingerprint density at radius 1 is 1.25 bits per heavy atom. The Balaban J connectivity index is 2.01. The van der Waals surface area contributed by atoms with Crippen molar-refractivity contribution >= 4 is 23.2 Å². The van der Waals surface area contributed by atoms with Crippen molar-refractivity contribution in [2.24, 2.45) is 0 Å². The van der Waals surface area contributed by atoms with E-state index in [0.29, 0.717) is 34.2 Å². The molecule has 0 heterocycles. The van der Waals surface area contributed by atoms with Crippen LogP contribution in [-0.2, 0) is 11.2 Å². The number of carbonyl (C=O) groups is 1. The number of anilines is 1. The number of amides is 1. The highest BCUT2D eigenvalue weighted by atomic mass is 35.5. The Hall–Kier alpha value is -2.71. The Kier molecular flexibility index (Phi) is 6.05. The molecule has 0 aliphatic rings. The first-order valence-electron chi connectivity index (χ1n) is 7.28. The number of rotatable bonds is 6. The van der Waals surface area contributed by atoms with E-state index >= 15 is 0 Å². The molecule has 1 amide bonds. The molecule has 6 heteroatoms. The van der Waals surface area contributed by atoms with Gasteiger partial charge in [0, 0.05) is 12.1 Å². The first-order valence-corrected chi connectivity index (χ1v) is 7.66. The predicted molar refractivity (Wildman–Crippen MR) is 92.7 cm³/mol. The van der Waals surface area contributed by atoms with E-state index < -0.39 is 0 Å². The van der Waals surface area contributed by atoms with E-state index in [1.807, 2.05) is 18.2 Å². The number of carbonyl (C=O) groups excluding carboxylic acids is 1. The zero-order chi connectivity index (χ0) is 17.5. The minimum Gasteiger partial charge on any atom is -0.493 e. The summed E-state index contributed by atoms with van der Waals surface area (Å²) in [5.74, 6) is 1.11. The van der Waals surface area contributed by atoms with Crippen molar-refractivity contribution in [1.29, 1.82) is 5.26 Å². The molecule has 124 valence electrons. The molecule has 0 aliphatic carbocycles. The van der Waals surface area contributed by atoms with Crippen LogP contribution < -0.4 is 14.8 Å². The average Bonchev–Trinajstić information content (AvgIpc) is 2.59. The Labute approximate surface area is 145 Å². The van der Waals surface area contributed by atoms with Crippen molar-refractivity contribution in [3.05, 3.63) is 52.5 Å². The minimum atomic E-state index is -0.152. The Bertz CT molecular complexity index is 784. The number of hydrogen-bond acceptors (Lipinski definition) is 4. The van der Waals surface area contributed by atoms with Gasteiger partial charge in [-0.1, -0.05) is 23.7 Å².